The molecule has 1 fully saturated rings. The minimum Gasteiger partial charge on any atom is -0.493 e. The summed E-state index contributed by atoms with van der Waals surface area (Å²) in [6.45, 7) is 3.55. The minimum absolute atomic E-state index is 0.0691. The molecule has 0 spiro atoms. The third-order valence-corrected chi connectivity index (χ3v) is 5.37. The standard InChI is InChI=1S/C21H18N4O3/c1-13-17(21(26)24-10-14(9-22)11-24)12-25-20(13)18(4-6-23-25)28-16-3-2-15-5-7-27-19(15)8-16/h2-4,6,8,12,14H,5,7,10-11H2,1H3. The lowest BCUT2D eigenvalue weighted by Gasteiger charge is -2.35. The van der Waals surface area contributed by atoms with Gasteiger partial charge in [0.05, 0.1) is 30.4 Å². The van der Waals surface area contributed by atoms with Crippen LogP contribution in [0.1, 0.15) is 21.5 Å². The monoisotopic (exact) mass is 374 g/mol. The quantitative estimate of drug-likeness (QED) is 0.704. The Hall–Kier alpha value is -3.53. The van der Waals surface area contributed by atoms with Crippen LogP contribution in [-0.2, 0) is 6.42 Å². The summed E-state index contributed by atoms with van der Waals surface area (Å²) in [4.78, 5) is 14.5. The fraction of sp³-hybridized carbons (Fsp3) is 0.286. The van der Waals surface area contributed by atoms with Crippen molar-refractivity contribution in [2.45, 2.75) is 13.3 Å². The van der Waals surface area contributed by atoms with Gasteiger partial charge < -0.3 is 14.4 Å². The molecular weight excluding hydrogens is 356 g/mol. The summed E-state index contributed by atoms with van der Waals surface area (Å²) in [6, 6.07) is 9.82. The summed E-state index contributed by atoms with van der Waals surface area (Å²) in [5, 5.41) is 13.3. The van der Waals surface area contributed by atoms with E-state index in [0.717, 1.165) is 23.3 Å². The number of amides is 1. The number of hydrogen-bond donors (Lipinski definition) is 0. The van der Waals surface area contributed by atoms with Crippen molar-refractivity contribution in [1.82, 2.24) is 14.5 Å². The Bertz CT molecular complexity index is 1140. The van der Waals surface area contributed by atoms with Gasteiger partial charge in [0.1, 0.15) is 17.0 Å². The highest BCUT2D eigenvalue weighted by molar-refractivity contribution is 5.98. The molecule has 7 nitrogen and oxygen atoms in total. The van der Waals surface area contributed by atoms with E-state index >= 15 is 0 Å². The van der Waals surface area contributed by atoms with Crippen molar-refractivity contribution in [2.24, 2.45) is 5.92 Å². The number of aryl methyl sites for hydroxylation is 1. The molecule has 0 unspecified atom stereocenters. The van der Waals surface area contributed by atoms with Gasteiger partial charge in [-0.2, -0.15) is 10.4 Å². The second-order valence-corrected chi connectivity index (χ2v) is 7.16. The van der Waals surface area contributed by atoms with Crippen molar-refractivity contribution in [3.05, 3.63) is 53.3 Å². The summed E-state index contributed by atoms with van der Waals surface area (Å²) < 4.78 is 13.4. The van der Waals surface area contributed by atoms with Crippen LogP contribution in [0.15, 0.2) is 36.7 Å². The summed E-state index contributed by atoms with van der Waals surface area (Å²) in [7, 11) is 0. The van der Waals surface area contributed by atoms with Gasteiger partial charge in [0.2, 0.25) is 0 Å². The second kappa shape index (κ2) is 6.27. The first-order valence-corrected chi connectivity index (χ1v) is 9.23. The molecule has 0 bridgehead atoms. The average molecular weight is 374 g/mol. The first kappa shape index (κ1) is 16.6. The number of fused-ring (bicyclic) bond motifs is 2. The maximum atomic E-state index is 12.8. The van der Waals surface area contributed by atoms with E-state index in [1.807, 2.05) is 25.1 Å². The number of benzene rings is 1. The zero-order valence-electron chi connectivity index (χ0n) is 15.4. The van der Waals surface area contributed by atoms with E-state index in [2.05, 4.69) is 11.2 Å². The molecule has 0 radical (unpaired) electrons. The van der Waals surface area contributed by atoms with Crippen molar-refractivity contribution in [3.63, 3.8) is 0 Å². The van der Waals surface area contributed by atoms with Crippen molar-refractivity contribution < 1.29 is 14.3 Å². The molecule has 1 saturated heterocycles. The number of nitriles is 1. The van der Waals surface area contributed by atoms with E-state index < -0.39 is 0 Å². The molecule has 0 aliphatic carbocycles. The molecular formula is C21H18N4O3. The van der Waals surface area contributed by atoms with Gasteiger partial charge >= 0.3 is 0 Å². The van der Waals surface area contributed by atoms with E-state index in [1.54, 1.807) is 27.9 Å². The smallest absolute Gasteiger partial charge is 0.255 e. The van der Waals surface area contributed by atoms with Crippen LogP contribution in [0.25, 0.3) is 5.52 Å². The molecule has 3 aromatic rings. The molecule has 2 aromatic heterocycles. The van der Waals surface area contributed by atoms with Crippen LogP contribution < -0.4 is 9.47 Å². The van der Waals surface area contributed by atoms with Gasteiger partial charge in [-0.1, -0.05) is 6.07 Å². The fourth-order valence-corrected chi connectivity index (χ4v) is 3.76. The number of nitrogens with zero attached hydrogens (tertiary/aromatic N) is 4. The van der Waals surface area contributed by atoms with Gasteiger partial charge in [-0.15, -0.1) is 0 Å². The van der Waals surface area contributed by atoms with Gasteiger partial charge in [-0.25, -0.2) is 4.52 Å². The third kappa shape index (κ3) is 2.57. The van der Waals surface area contributed by atoms with Crippen molar-refractivity contribution >= 4 is 11.4 Å². The molecule has 28 heavy (non-hydrogen) atoms. The van der Waals surface area contributed by atoms with Crippen LogP contribution >= 0.6 is 0 Å². The number of carbonyl (C=O) groups is 1. The summed E-state index contributed by atoms with van der Waals surface area (Å²) in [5.41, 5.74) is 3.33. The van der Waals surface area contributed by atoms with Crippen LogP contribution in [-0.4, -0.2) is 40.1 Å². The first-order valence-electron chi connectivity index (χ1n) is 9.23. The number of likely N-dealkylation sites (tertiary alicyclic amines) is 1. The van der Waals surface area contributed by atoms with Gasteiger partial charge in [0.25, 0.3) is 5.91 Å². The van der Waals surface area contributed by atoms with Crippen LogP contribution in [0.3, 0.4) is 0 Å². The number of aromatic nitrogens is 2. The van der Waals surface area contributed by atoms with Crippen molar-refractivity contribution in [2.75, 3.05) is 19.7 Å². The van der Waals surface area contributed by atoms with E-state index in [0.29, 0.717) is 36.8 Å². The Morgan fingerprint density at radius 3 is 3.04 bits per heavy atom. The molecule has 140 valence electrons. The Morgan fingerprint density at radius 1 is 1.36 bits per heavy atom. The molecule has 1 aromatic carbocycles. The van der Waals surface area contributed by atoms with E-state index in [4.69, 9.17) is 14.7 Å². The molecule has 0 saturated carbocycles. The number of ether oxygens (including phenoxy) is 2. The number of hydrogen-bond acceptors (Lipinski definition) is 5. The Labute approximate surface area is 161 Å². The predicted octanol–water partition coefficient (Wildman–Crippen LogP) is 2.97. The highest BCUT2D eigenvalue weighted by Gasteiger charge is 2.33. The SMILES string of the molecule is Cc1c(C(=O)N2CC(C#N)C2)cn2nccc(Oc3ccc4c(c3)OCC4)c12. The highest BCUT2D eigenvalue weighted by atomic mass is 16.5. The number of carbonyl (C=O) groups excluding carboxylic acids is 1. The lowest BCUT2D eigenvalue weighted by Crippen LogP contribution is -2.49. The first-order chi connectivity index (χ1) is 13.6. The largest absolute Gasteiger partial charge is 0.493 e. The summed E-state index contributed by atoms with van der Waals surface area (Å²) in [6.07, 6.45) is 4.29. The summed E-state index contributed by atoms with van der Waals surface area (Å²) in [5.74, 6) is 2.02. The fourth-order valence-electron chi connectivity index (χ4n) is 3.76. The third-order valence-electron chi connectivity index (χ3n) is 5.37. The van der Waals surface area contributed by atoms with Crippen molar-refractivity contribution in [1.29, 1.82) is 5.26 Å². The minimum atomic E-state index is -0.0774. The zero-order chi connectivity index (χ0) is 19.3. The van der Waals surface area contributed by atoms with Gasteiger partial charge in [-0.05, 0) is 24.1 Å². The Kier molecular flexibility index (Phi) is 3.72. The van der Waals surface area contributed by atoms with Crippen molar-refractivity contribution in [3.8, 4) is 23.3 Å². The predicted molar refractivity (Wildman–Crippen MR) is 101 cm³/mol. The second-order valence-electron chi connectivity index (χ2n) is 7.16. The molecule has 0 N–H and O–H groups in total. The summed E-state index contributed by atoms with van der Waals surface area (Å²) >= 11 is 0. The molecule has 5 rings (SSSR count). The van der Waals surface area contributed by atoms with Gasteiger partial charge in [-0.3, -0.25) is 4.79 Å². The number of rotatable bonds is 3. The molecule has 7 heteroatoms. The highest BCUT2D eigenvalue weighted by Crippen LogP contribution is 2.35. The van der Waals surface area contributed by atoms with Crippen LogP contribution in [0, 0.1) is 24.2 Å². The molecule has 2 aliphatic heterocycles. The normalized spacial score (nSPS) is 15.6. The molecule has 2 aliphatic rings. The maximum Gasteiger partial charge on any atom is 0.255 e. The van der Waals surface area contributed by atoms with Gasteiger partial charge in [0.15, 0.2) is 5.75 Å². The maximum absolute atomic E-state index is 12.8. The van der Waals surface area contributed by atoms with E-state index in [9.17, 15) is 4.79 Å². The Morgan fingerprint density at radius 2 is 2.21 bits per heavy atom. The van der Waals surface area contributed by atoms with E-state index in [1.165, 1.54) is 5.56 Å². The average Bonchev–Trinajstić information content (AvgIpc) is 3.25. The van der Waals surface area contributed by atoms with E-state index in [-0.39, 0.29) is 11.8 Å². The van der Waals surface area contributed by atoms with Gasteiger partial charge in [0, 0.05) is 37.8 Å². The molecule has 4 heterocycles. The lowest BCUT2D eigenvalue weighted by molar-refractivity contribution is 0.0576. The Balaban J connectivity index is 1.48. The van der Waals surface area contributed by atoms with Crippen LogP contribution in [0.2, 0.25) is 0 Å². The van der Waals surface area contributed by atoms with Crippen LogP contribution in [0.4, 0.5) is 0 Å². The molecule has 1 amide bonds. The molecule has 0 atom stereocenters. The van der Waals surface area contributed by atoms with Crippen LogP contribution in [0.5, 0.6) is 17.2 Å². The zero-order valence-corrected chi connectivity index (χ0v) is 15.4. The lowest BCUT2D eigenvalue weighted by atomic mass is 10.0. The topological polar surface area (TPSA) is 79.9 Å².